The standard InChI is InChI=1S/C30H25ClN2O5/c1-2-36-28-18-22(10-17-27(28)38-30(35)24-6-4-3-5-7-24)19-32-33-29(34)23-11-15-26(16-12-23)37-20-21-8-13-25(31)14-9-21/h3-19H,2,20H2,1H3,(H,33,34)/b32-19+. The minimum absolute atomic E-state index is 0.292. The van der Waals surface area contributed by atoms with Gasteiger partial charge in [0.1, 0.15) is 12.4 Å². The van der Waals surface area contributed by atoms with Gasteiger partial charge in [0.05, 0.1) is 18.4 Å². The van der Waals surface area contributed by atoms with Gasteiger partial charge in [-0.2, -0.15) is 5.10 Å². The molecule has 1 N–H and O–H groups in total. The van der Waals surface area contributed by atoms with Crippen LogP contribution in [0.5, 0.6) is 17.2 Å². The molecule has 0 atom stereocenters. The summed E-state index contributed by atoms with van der Waals surface area (Å²) in [6, 6.07) is 27.9. The van der Waals surface area contributed by atoms with Gasteiger partial charge >= 0.3 is 5.97 Å². The summed E-state index contributed by atoms with van der Waals surface area (Å²) in [6.45, 7) is 2.60. The highest BCUT2D eigenvalue weighted by Crippen LogP contribution is 2.29. The summed E-state index contributed by atoms with van der Waals surface area (Å²) >= 11 is 5.90. The highest BCUT2D eigenvalue weighted by Gasteiger charge is 2.13. The Morgan fingerprint density at radius 3 is 2.29 bits per heavy atom. The van der Waals surface area contributed by atoms with Gasteiger partial charge < -0.3 is 14.2 Å². The normalized spacial score (nSPS) is 10.7. The van der Waals surface area contributed by atoms with Gasteiger partial charge in [0.25, 0.3) is 5.91 Å². The van der Waals surface area contributed by atoms with E-state index in [0.29, 0.717) is 52.2 Å². The molecule has 0 aliphatic heterocycles. The first kappa shape index (κ1) is 26.4. The zero-order valence-corrected chi connectivity index (χ0v) is 21.4. The second-order valence-electron chi connectivity index (χ2n) is 8.03. The molecule has 8 heteroatoms. The number of rotatable bonds is 10. The summed E-state index contributed by atoms with van der Waals surface area (Å²) in [5.74, 6) is 0.462. The van der Waals surface area contributed by atoms with Gasteiger partial charge in [0.15, 0.2) is 11.5 Å². The molecule has 0 fully saturated rings. The zero-order chi connectivity index (χ0) is 26.7. The van der Waals surface area contributed by atoms with Crippen molar-refractivity contribution in [3.63, 3.8) is 0 Å². The smallest absolute Gasteiger partial charge is 0.343 e. The molecule has 1 amide bonds. The first-order valence-corrected chi connectivity index (χ1v) is 12.2. The number of hydrogen-bond acceptors (Lipinski definition) is 6. The fourth-order valence-electron chi connectivity index (χ4n) is 3.37. The Bertz CT molecular complexity index is 1410. The largest absolute Gasteiger partial charge is 0.490 e. The van der Waals surface area contributed by atoms with Crippen molar-refractivity contribution in [2.75, 3.05) is 6.61 Å². The van der Waals surface area contributed by atoms with Crippen molar-refractivity contribution in [3.05, 3.63) is 124 Å². The molecule has 192 valence electrons. The SMILES string of the molecule is CCOc1cc(/C=N/NC(=O)c2ccc(OCc3ccc(Cl)cc3)cc2)ccc1OC(=O)c1ccccc1. The third-order valence-electron chi connectivity index (χ3n) is 5.29. The number of hydrazone groups is 1. The average molecular weight is 529 g/mol. The predicted molar refractivity (Wildman–Crippen MR) is 146 cm³/mol. The summed E-state index contributed by atoms with van der Waals surface area (Å²) in [5.41, 5.74) is 5.00. The molecule has 0 aromatic heterocycles. The van der Waals surface area contributed by atoms with E-state index in [1.165, 1.54) is 6.21 Å². The van der Waals surface area contributed by atoms with E-state index in [1.54, 1.807) is 78.9 Å². The van der Waals surface area contributed by atoms with Gasteiger partial charge in [0.2, 0.25) is 0 Å². The molecule has 7 nitrogen and oxygen atoms in total. The number of benzene rings is 4. The second-order valence-corrected chi connectivity index (χ2v) is 8.47. The lowest BCUT2D eigenvalue weighted by Crippen LogP contribution is -2.17. The van der Waals surface area contributed by atoms with Crippen molar-refractivity contribution in [1.29, 1.82) is 0 Å². The van der Waals surface area contributed by atoms with Gasteiger partial charge in [-0.05, 0) is 84.8 Å². The van der Waals surface area contributed by atoms with Crippen LogP contribution >= 0.6 is 11.6 Å². The van der Waals surface area contributed by atoms with Crippen molar-refractivity contribution >= 4 is 29.7 Å². The van der Waals surface area contributed by atoms with E-state index >= 15 is 0 Å². The molecule has 0 spiro atoms. The molecule has 4 aromatic carbocycles. The van der Waals surface area contributed by atoms with Crippen LogP contribution in [0.25, 0.3) is 0 Å². The van der Waals surface area contributed by atoms with Crippen molar-refractivity contribution in [2.24, 2.45) is 5.10 Å². The molecule has 0 aliphatic rings. The van der Waals surface area contributed by atoms with E-state index in [-0.39, 0.29) is 5.91 Å². The van der Waals surface area contributed by atoms with Crippen LogP contribution in [0.4, 0.5) is 0 Å². The number of nitrogens with zero attached hydrogens (tertiary/aromatic N) is 1. The lowest BCUT2D eigenvalue weighted by molar-refractivity contribution is 0.0728. The molecular weight excluding hydrogens is 504 g/mol. The van der Waals surface area contributed by atoms with Crippen LogP contribution in [0, 0.1) is 0 Å². The minimum Gasteiger partial charge on any atom is -0.490 e. The average Bonchev–Trinajstić information content (AvgIpc) is 2.95. The maximum absolute atomic E-state index is 12.5. The van der Waals surface area contributed by atoms with E-state index in [4.69, 9.17) is 25.8 Å². The van der Waals surface area contributed by atoms with E-state index in [2.05, 4.69) is 10.5 Å². The number of hydrogen-bond donors (Lipinski definition) is 1. The van der Waals surface area contributed by atoms with Crippen LogP contribution in [0.3, 0.4) is 0 Å². The Morgan fingerprint density at radius 2 is 1.58 bits per heavy atom. The third-order valence-corrected chi connectivity index (χ3v) is 5.55. The fourth-order valence-corrected chi connectivity index (χ4v) is 3.50. The van der Waals surface area contributed by atoms with Crippen LogP contribution < -0.4 is 19.6 Å². The minimum atomic E-state index is -0.485. The lowest BCUT2D eigenvalue weighted by atomic mass is 10.2. The number of halogens is 1. The van der Waals surface area contributed by atoms with E-state index in [1.807, 2.05) is 25.1 Å². The second kappa shape index (κ2) is 13.1. The Hall–Kier alpha value is -4.62. The van der Waals surface area contributed by atoms with Crippen LogP contribution in [-0.2, 0) is 6.61 Å². The van der Waals surface area contributed by atoms with Gasteiger partial charge in [-0.25, -0.2) is 10.2 Å². The molecule has 4 aromatic rings. The number of nitrogens with one attached hydrogen (secondary N) is 1. The summed E-state index contributed by atoms with van der Waals surface area (Å²) in [5, 5.41) is 4.70. The number of carbonyl (C=O) groups is 2. The molecule has 0 aliphatic carbocycles. The number of esters is 1. The molecule has 0 saturated carbocycles. The van der Waals surface area contributed by atoms with Crippen LogP contribution in [-0.4, -0.2) is 24.7 Å². The molecule has 0 radical (unpaired) electrons. The van der Waals surface area contributed by atoms with Crippen LogP contribution in [0.1, 0.15) is 38.8 Å². The predicted octanol–water partition coefficient (Wildman–Crippen LogP) is 6.30. The van der Waals surface area contributed by atoms with Gasteiger partial charge in [-0.3, -0.25) is 4.79 Å². The first-order valence-electron chi connectivity index (χ1n) is 11.9. The Kier molecular flexibility index (Phi) is 9.10. The molecule has 0 bridgehead atoms. The third kappa shape index (κ3) is 7.44. The number of amides is 1. The number of ether oxygens (including phenoxy) is 3. The van der Waals surface area contributed by atoms with Crippen molar-refractivity contribution in [3.8, 4) is 17.2 Å². The zero-order valence-electron chi connectivity index (χ0n) is 20.6. The summed E-state index contributed by atoms with van der Waals surface area (Å²) < 4.78 is 16.9. The number of carbonyl (C=O) groups excluding carboxylic acids is 2. The van der Waals surface area contributed by atoms with Crippen molar-refractivity contribution < 1.29 is 23.8 Å². The highest BCUT2D eigenvalue weighted by atomic mass is 35.5. The first-order chi connectivity index (χ1) is 18.5. The highest BCUT2D eigenvalue weighted by molar-refractivity contribution is 6.30. The maximum atomic E-state index is 12.5. The Morgan fingerprint density at radius 1 is 0.842 bits per heavy atom. The monoisotopic (exact) mass is 528 g/mol. The molecule has 0 saturated heterocycles. The molecule has 0 heterocycles. The van der Waals surface area contributed by atoms with Gasteiger partial charge in [-0.15, -0.1) is 0 Å². The van der Waals surface area contributed by atoms with E-state index in [0.717, 1.165) is 5.56 Å². The van der Waals surface area contributed by atoms with Crippen molar-refractivity contribution in [2.45, 2.75) is 13.5 Å². The van der Waals surface area contributed by atoms with Crippen LogP contribution in [0.15, 0.2) is 102 Å². The molecule has 0 unspecified atom stereocenters. The maximum Gasteiger partial charge on any atom is 0.343 e. The van der Waals surface area contributed by atoms with E-state index < -0.39 is 5.97 Å². The molecule has 38 heavy (non-hydrogen) atoms. The van der Waals surface area contributed by atoms with Gasteiger partial charge in [0, 0.05) is 10.6 Å². The molecule has 4 rings (SSSR count). The summed E-state index contributed by atoms with van der Waals surface area (Å²) in [6.07, 6.45) is 1.48. The lowest BCUT2D eigenvalue weighted by Gasteiger charge is -2.11. The summed E-state index contributed by atoms with van der Waals surface area (Å²) in [4.78, 5) is 24.9. The van der Waals surface area contributed by atoms with E-state index in [9.17, 15) is 9.59 Å². The topological polar surface area (TPSA) is 86.2 Å². The Labute approximate surface area is 225 Å². The quantitative estimate of drug-likeness (QED) is 0.113. The van der Waals surface area contributed by atoms with Crippen molar-refractivity contribution in [1.82, 2.24) is 5.43 Å². The van der Waals surface area contributed by atoms with Gasteiger partial charge in [-0.1, -0.05) is 41.9 Å². The fraction of sp³-hybridized carbons (Fsp3) is 0.100. The molecular formula is C30H25ClN2O5. The van der Waals surface area contributed by atoms with Crippen LogP contribution in [0.2, 0.25) is 5.02 Å². The Balaban J connectivity index is 1.33. The summed E-state index contributed by atoms with van der Waals surface area (Å²) in [7, 11) is 0.